The van der Waals surface area contributed by atoms with Crippen molar-refractivity contribution >= 4 is 17.6 Å². The lowest BCUT2D eigenvalue weighted by atomic mass is 9.96. The number of phenolic OH excluding ortho intramolecular Hbond substituents is 1. The molecular formula is C25H26F2N6OS. The van der Waals surface area contributed by atoms with Crippen molar-refractivity contribution in [3.05, 3.63) is 42.5 Å². The second kappa shape index (κ2) is 8.98. The van der Waals surface area contributed by atoms with E-state index in [9.17, 15) is 9.50 Å². The summed E-state index contributed by atoms with van der Waals surface area (Å²) in [6.07, 6.45) is 8.39. The standard InChI is InChI=1S/C25H26F2N6OS/c1-35-23-10-17(18(26)11-28-23)13-2-6-16(21(34)8-13)25-29-12-22(31-32-25)33(15-4-5-15)20-9-14-3-7-19(30-14)24(20)27/h2,6,8,10-12,14-15,19-20,24,30,34H,3-5,7,9H2,1H3/t14-,19+,20+,24-/m1/s1. The van der Waals surface area contributed by atoms with Crippen LogP contribution in [0.15, 0.2) is 41.7 Å². The smallest absolute Gasteiger partial charge is 0.185 e. The number of nitrogens with one attached hydrogen (secondary N) is 1. The Labute approximate surface area is 206 Å². The van der Waals surface area contributed by atoms with Gasteiger partial charge in [-0.3, -0.25) is 0 Å². The van der Waals surface area contributed by atoms with Crippen molar-refractivity contribution in [2.24, 2.45) is 0 Å². The Morgan fingerprint density at radius 2 is 1.91 bits per heavy atom. The topological polar surface area (TPSA) is 87.1 Å². The minimum absolute atomic E-state index is 0.0724. The van der Waals surface area contributed by atoms with Gasteiger partial charge in [0, 0.05) is 23.7 Å². The molecule has 2 aromatic heterocycles. The molecule has 7 nitrogen and oxygen atoms in total. The highest BCUT2D eigenvalue weighted by Gasteiger charge is 2.48. The first-order valence-corrected chi connectivity index (χ1v) is 13.2. The third-order valence-corrected chi connectivity index (χ3v) is 7.90. The van der Waals surface area contributed by atoms with E-state index < -0.39 is 12.0 Å². The van der Waals surface area contributed by atoms with E-state index in [0.717, 1.165) is 32.1 Å². The van der Waals surface area contributed by atoms with Gasteiger partial charge in [0.25, 0.3) is 0 Å². The summed E-state index contributed by atoms with van der Waals surface area (Å²) in [6, 6.07) is 6.82. The first-order chi connectivity index (χ1) is 17.0. The Morgan fingerprint density at radius 1 is 1.06 bits per heavy atom. The summed E-state index contributed by atoms with van der Waals surface area (Å²) in [5, 5.41) is 23.4. The van der Waals surface area contributed by atoms with E-state index in [-0.39, 0.29) is 29.7 Å². The van der Waals surface area contributed by atoms with Crippen LogP contribution in [0.3, 0.4) is 0 Å². The summed E-state index contributed by atoms with van der Waals surface area (Å²) in [4.78, 5) is 10.6. The molecule has 35 heavy (non-hydrogen) atoms. The van der Waals surface area contributed by atoms with E-state index in [2.05, 4.69) is 30.4 Å². The molecule has 3 aromatic rings. The SMILES string of the molecule is CSc1cc(-c2ccc(-c3ncc(N(C4CC4)[C@H]4C[C@H]5CC[C@H](N5)[C@H]4F)nn3)c(O)c2)c(F)cn1. The molecule has 4 atom stereocenters. The van der Waals surface area contributed by atoms with Gasteiger partial charge in [0.2, 0.25) is 0 Å². The maximum atomic E-state index is 15.3. The number of pyridine rings is 1. The van der Waals surface area contributed by atoms with Crippen LogP contribution < -0.4 is 10.2 Å². The predicted octanol–water partition coefficient (Wildman–Crippen LogP) is 4.37. The number of aromatic hydroxyl groups is 1. The number of hydrogen-bond donors (Lipinski definition) is 2. The second-order valence-corrected chi connectivity index (χ2v) is 10.3. The monoisotopic (exact) mass is 496 g/mol. The number of fused-ring (bicyclic) bond motifs is 2. The third kappa shape index (κ3) is 4.23. The molecule has 2 saturated heterocycles. The van der Waals surface area contributed by atoms with Gasteiger partial charge >= 0.3 is 0 Å². The minimum Gasteiger partial charge on any atom is -0.507 e. The Kier molecular flexibility index (Phi) is 5.80. The molecule has 182 valence electrons. The highest BCUT2D eigenvalue weighted by molar-refractivity contribution is 7.98. The molecule has 1 aliphatic carbocycles. The summed E-state index contributed by atoms with van der Waals surface area (Å²) in [5.41, 5.74) is 1.28. The van der Waals surface area contributed by atoms with Crippen molar-refractivity contribution in [2.75, 3.05) is 11.2 Å². The molecule has 2 aliphatic heterocycles. The molecule has 2 bridgehead atoms. The highest BCUT2D eigenvalue weighted by atomic mass is 32.2. The molecule has 2 N–H and O–H groups in total. The van der Waals surface area contributed by atoms with Gasteiger partial charge in [-0.2, -0.15) is 0 Å². The second-order valence-electron chi connectivity index (χ2n) is 9.51. The molecule has 0 radical (unpaired) electrons. The number of aromatic nitrogens is 4. The Hall–Kier alpha value is -2.85. The van der Waals surface area contributed by atoms with Crippen molar-refractivity contribution in [1.29, 1.82) is 0 Å². The molecule has 0 unspecified atom stereocenters. The predicted molar refractivity (Wildman–Crippen MR) is 131 cm³/mol. The molecule has 0 spiro atoms. The number of anilines is 1. The van der Waals surface area contributed by atoms with Crippen LogP contribution in [0.25, 0.3) is 22.5 Å². The fourth-order valence-electron chi connectivity index (χ4n) is 5.38. The van der Waals surface area contributed by atoms with E-state index >= 15 is 4.39 Å². The van der Waals surface area contributed by atoms with Crippen LogP contribution in [0.5, 0.6) is 5.75 Å². The van der Waals surface area contributed by atoms with Gasteiger partial charge in [0.05, 0.1) is 29.0 Å². The molecular weight excluding hydrogens is 470 g/mol. The van der Waals surface area contributed by atoms with Gasteiger partial charge < -0.3 is 15.3 Å². The van der Waals surface area contributed by atoms with Crippen molar-refractivity contribution in [1.82, 2.24) is 25.5 Å². The van der Waals surface area contributed by atoms with Crippen LogP contribution in [0, 0.1) is 5.82 Å². The van der Waals surface area contributed by atoms with E-state index in [1.807, 2.05) is 6.26 Å². The quantitative estimate of drug-likeness (QED) is 0.487. The molecule has 1 saturated carbocycles. The van der Waals surface area contributed by atoms with E-state index in [1.165, 1.54) is 24.0 Å². The van der Waals surface area contributed by atoms with E-state index in [0.29, 0.717) is 33.6 Å². The van der Waals surface area contributed by atoms with Crippen molar-refractivity contribution in [3.63, 3.8) is 0 Å². The third-order valence-electron chi connectivity index (χ3n) is 7.25. The van der Waals surface area contributed by atoms with E-state index in [1.54, 1.807) is 24.4 Å². The summed E-state index contributed by atoms with van der Waals surface area (Å²) in [7, 11) is 0. The molecule has 1 aromatic carbocycles. The lowest BCUT2D eigenvalue weighted by Gasteiger charge is -2.40. The number of phenols is 1. The van der Waals surface area contributed by atoms with Crippen molar-refractivity contribution < 1.29 is 13.9 Å². The van der Waals surface area contributed by atoms with Crippen LogP contribution in [0.4, 0.5) is 14.6 Å². The van der Waals surface area contributed by atoms with Gasteiger partial charge in [-0.25, -0.2) is 18.7 Å². The first-order valence-electron chi connectivity index (χ1n) is 11.9. The zero-order valence-electron chi connectivity index (χ0n) is 19.2. The summed E-state index contributed by atoms with van der Waals surface area (Å²) >= 11 is 1.41. The lowest BCUT2D eigenvalue weighted by Crippen LogP contribution is -2.57. The van der Waals surface area contributed by atoms with Gasteiger partial charge in [0.15, 0.2) is 11.6 Å². The number of rotatable bonds is 6. The maximum Gasteiger partial charge on any atom is 0.185 e. The maximum absolute atomic E-state index is 15.3. The fourth-order valence-corrected chi connectivity index (χ4v) is 5.77. The van der Waals surface area contributed by atoms with Gasteiger partial charge in [-0.15, -0.1) is 22.0 Å². The van der Waals surface area contributed by atoms with Gasteiger partial charge in [-0.05, 0) is 62.1 Å². The number of alkyl halides is 1. The van der Waals surface area contributed by atoms with E-state index in [4.69, 9.17) is 0 Å². The molecule has 0 amide bonds. The van der Waals surface area contributed by atoms with Crippen molar-refractivity contribution in [2.45, 2.75) is 67.5 Å². The zero-order valence-corrected chi connectivity index (χ0v) is 20.1. The molecule has 6 rings (SSSR count). The highest BCUT2D eigenvalue weighted by Crippen LogP contribution is 2.40. The average molecular weight is 497 g/mol. The number of hydrogen-bond acceptors (Lipinski definition) is 8. The van der Waals surface area contributed by atoms with Crippen LogP contribution in [-0.4, -0.2) is 61.9 Å². The summed E-state index contributed by atoms with van der Waals surface area (Å²) < 4.78 is 29.6. The zero-order chi connectivity index (χ0) is 24.1. The Morgan fingerprint density at radius 3 is 2.63 bits per heavy atom. The summed E-state index contributed by atoms with van der Waals surface area (Å²) in [6.45, 7) is 0. The minimum atomic E-state index is -0.951. The fraction of sp³-hybridized carbons (Fsp3) is 0.440. The van der Waals surface area contributed by atoms with Crippen LogP contribution in [0.1, 0.15) is 32.1 Å². The number of halogens is 2. The van der Waals surface area contributed by atoms with Crippen LogP contribution in [-0.2, 0) is 0 Å². The molecule has 10 heteroatoms. The molecule has 4 heterocycles. The summed E-state index contributed by atoms with van der Waals surface area (Å²) in [5.74, 6) is 0.298. The molecule has 3 aliphatic rings. The Balaban J connectivity index is 1.27. The molecule has 3 fully saturated rings. The number of piperidine rings is 1. The van der Waals surface area contributed by atoms with Crippen LogP contribution >= 0.6 is 11.8 Å². The largest absolute Gasteiger partial charge is 0.507 e. The lowest BCUT2D eigenvalue weighted by molar-refractivity contribution is 0.171. The van der Waals surface area contributed by atoms with Crippen LogP contribution in [0.2, 0.25) is 0 Å². The first kappa shape index (κ1) is 22.6. The van der Waals surface area contributed by atoms with Gasteiger partial charge in [0.1, 0.15) is 17.7 Å². The van der Waals surface area contributed by atoms with Gasteiger partial charge in [-0.1, -0.05) is 6.07 Å². The normalized spacial score (nSPS) is 25.6. The number of nitrogens with zero attached hydrogens (tertiary/aromatic N) is 5. The number of thioether (sulfide) groups is 1. The number of benzene rings is 1. The average Bonchev–Trinajstić information content (AvgIpc) is 3.62. The Bertz CT molecular complexity index is 1240. The van der Waals surface area contributed by atoms with Crippen molar-refractivity contribution in [3.8, 4) is 28.3 Å².